The summed E-state index contributed by atoms with van der Waals surface area (Å²) in [5.41, 5.74) is -0.243. The molecule has 25 heavy (non-hydrogen) atoms. The molecule has 4 rings (SSSR count). The molecule has 1 aliphatic carbocycles. The van der Waals surface area contributed by atoms with Gasteiger partial charge in [-0.3, -0.25) is 4.79 Å². The van der Waals surface area contributed by atoms with E-state index in [1.807, 2.05) is 4.90 Å². The summed E-state index contributed by atoms with van der Waals surface area (Å²) in [7, 11) is 0. The molecule has 136 valence electrons. The van der Waals surface area contributed by atoms with Gasteiger partial charge < -0.3 is 14.9 Å². The first kappa shape index (κ1) is 16.7. The predicted octanol–water partition coefficient (Wildman–Crippen LogP) is 1.74. The Kier molecular flexibility index (Phi) is 4.35. The van der Waals surface area contributed by atoms with Crippen LogP contribution in [0.15, 0.2) is 12.4 Å². The van der Waals surface area contributed by atoms with Crippen LogP contribution in [0.4, 0.5) is 10.3 Å². The molecule has 2 aliphatic heterocycles. The first-order chi connectivity index (χ1) is 12.1. The molecule has 1 aromatic rings. The molecule has 1 aromatic heterocycles. The first-order valence-corrected chi connectivity index (χ1v) is 9.29. The molecular weight excluding hydrogens is 323 g/mol. The third-order valence-corrected chi connectivity index (χ3v) is 6.26. The number of aromatic nitrogens is 2. The molecule has 3 fully saturated rings. The molecule has 0 radical (unpaired) electrons. The van der Waals surface area contributed by atoms with Crippen LogP contribution in [0.5, 0.6) is 0 Å². The number of anilines is 1. The maximum Gasteiger partial charge on any atom is 0.229 e. The third kappa shape index (κ3) is 3.10. The highest BCUT2D eigenvalue weighted by atomic mass is 19.1. The zero-order valence-electron chi connectivity index (χ0n) is 14.4. The van der Waals surface area contributed by atoms with Gasteiger partial charge in [0.15, 0.2) is 5.82 Å². The topological polar surface area (TPSA) is 69.6 Å². The molecule has 6 nitrogen and oxygen atoms in total. The van der Waals surface area contributed by atoms with E-state index in [1.165, 1.54) is 12.4 Å². The van der Waals surface area contributed by atoms with Gasteiger partial charge in [-0.2, -0.15) is 0 Å². The first-order valence-electron chi connectivity index (χ1n) is 9.29. The summed E-state index contributed by atoms with van der Waals surface area (Å²) in [4.78, 5) is 25.3. The van der Waals surface area contributed by atoms with Gasteiger partial charge in [0.25, 0.3) is 0 Å². The lowest BCUT2D eigenvalue weighted by Crippen LogP contribution is -2.47. The lowest BCUT2D eigenvalue weighted by Gasteiger charge is -2.39. The molecule has 3 heterocycles. The average Bonchev–Trinajstić information content (AvgIpc) is 2.94. The number of rotatable bonds is 2. The third-order valence-electron chi connectivity index (χ3n) is 6.26. The zero-order chi connectivity index (χ0) is 17.4. The van der Waals surface area contributed by atoms with Crippen LogP contribution in [0, 0.1) is 11.2 Å². The van der Waals surface area contributed by atoms with E-state index in [2.05, 4.69) is 14.9 Å². The minimum Gasteiger partial charge on any atom is -0.393 e. The van der Waals surface area contributed by atoms with Crippen molar-refractivity contribution in [1.29, 1.82) is 0 Å². The number of piperidine rings is 1. The summed E-state index contributed by atoms with van der Waals surface area (Å²) in [6.07, 6.45) is 8.15. The summed E-state index contributed by atoms with van der Waals surface area (Å²) < 4.78 is 13.0. The largest absolute Gasteiger partial charge is 0.393 e. The Balaban J connectivity index is 1.39. The summed E-state index contributed by atoms with van der Waals surface area (Å²) in [5.74, 6) is 0.407. The van der Waals surface area contributed by atoms with Crippen LogP contribution in [0.2, 0.25) is 0 Å². The standard InChI is InChI=1S/C18H25FN4O2/c19-13-11-20-17(21-12-13)22-8-5-18(6-9-22)7-10-23(16(18)25)14-1-3-15(24)4-2-14/h11-12,14-15,24H,1-10H2/t14-,15-. The second-order valence-corrected chi connectivity index (χ2v) is 7.68. The number of aliphatic hydroxyl groups excluding tert-OH is 1. The Morgan fingerprint density at radius 3 is 2.28 bits per heavy atom. The van der Waals surface area contributed by atoms with Crippen LogP contribution in [0.3, 0.4) is 0 Å². The monoisotopic (exact) mass is 348 g/mol. The van der Waals surface area contributed by atoms with Crippen molar-refractivity contribution in [1.82, 2.24) is 14.9 Å². The van der Waals surface area contributed by atoms with Crippen molar-refractivity contribution in [2.24, 2.45) is 5.41 Å². The minimum absolute atomic E-state index is 0.193. The molecular formula is C18H25FN4O2. The highest BCUT2D eigenvalue weighted by Crippen LogP contribution is 2.44. The van der Waals surface area contributed by atoms with Gasteiger partial charge in [-0.15, -0.1) is 0 Å². The van der Waals surface area contributed by atoms with Gasteiger partial charge in [-0.1, -0.05) is 0 Å². The van der Waals surface area contributed by atoms with E-state index in [0.29, 0.717) is 17.9 Å². The smallest absolute Gasteiger partial charge is 0.229 e. The molecule has 1 amide bonds. The van der Waals surface area contributed by atoms with Gasteiger partial charge in [0, 0.05) is 25.7 Å². The van der Waals surface area contributed by atoms with E-state index in [9.17, 15) is 14.3 Å². The number of likely N-dealkylation sites (tertiary alicyclic amines) is 1. The van der Waals surface area contributed by atoms with Crippen LogP contribution < -0.4 is 4.90 Å². The molecule has 0 unspecified atom stereocenters. The lowest BCUT2D eigenvalue weighted by molar-refractivity contribution is -0.139. The Bertz CT molecular complexity index is 622. The van der Waals surface area contributed by atoms with Gasteiger partial charge in [0.05, 0.1) is 23.9 Å². The number of hydrogen-bond acceptors (Lipinski definition) is 5. The normalized spacial score (nSPS) is 29.4. The van der Waals surface area contributed by atoms with E-state index in [4.69, 9.17) is 0 Å². The molecule has 0 atom stereocenters. The van der Waals surface area contributed by atoms with Gasteiger partial charge in [-0.05, 0) is 44.9 Å². The summed E-state index contributed by atoms with van der Waals surface area (Å²) in [6.45, 7) is 2.30. The quantitative estimate of drug-likeness (QED) is 0.882. The van der Waals surface area contributed by atoms with Crippen molar-refractivity contribution < 1.29 is 14.3 Å². The number of carbonyl (C=O) groups excluding carboxylic acids is 1. The van der Waals surface area contributed by atoms with Crippen molar-refractivity contribution in [3.05, 3.63) is 18.2 Å². The fourth-order valence-corrected chi connectivity index (χ4v) is 4.63. The zero-order valence-corrected chi connectivity index (χ0v) is 14.4. The summed E-state index contributed by atoms with van der Waals surface area (Å²) >= 11 is 0. The van der Waals surface area contributed by atoms with Crippen LogP contribution in [-0.2, 0) is 4.79 Å². The van der Waals surface area contributed by atoms with Crippen molar-refractivity contribution in [3.8, 4) is 0 Å². The van der Waals surface area contributed by atoms with Crippen LogP contribution in [0.25, 0.3) is 0 Å². The Hall–Kier alpha value is -1.76. The number of carbonyl (C=O) groups is 1. The van der Waals surface area contributed by atoms with E-state index in [-0.39, 0.29) is 11.5 Å². The van der Waals surface area contributed by atoms with Crippen molar-refractivity contribution >= 4 is 11.9 Å². The SMILES string of the molecule is O=C1N([C@H]2CC[C@H](O)CC2)CCC12CCN(c1ncc(F)cn1)CC2. The molecule has 0 aromatic carbocycles. The van der Waals surface area contributed by atoms with Crippen molar-refractivity contribution in [3.63, 3.8) is 0 Å². The van der Waals surface area contributed by atoms with Crippen LogP contribution >= 0.6 is 0 Å². The number of amides is 1. The lowest BCUT2D eigenvalue weighted by atomic mass is 9.77. The second kappa shape index (κ2) is 6.52. The fourth-order valence-electron chi connectivity index (χ4n) is 4.63. The van der Waals surface area contributed by atoms with Crippen LogP contribution in [-0.4, -0.2) is 57.7 Å². The maximum absolute atomic E-state index is 13.1. The van der Waals surface area contributed by atoms with Gasteiger partial charge >= 0.3 is 0 Å². The van der Waals surface area contributed by atoms with E-state index in [1.54, 1.807) is 0 Å². The molecule has 1 N–H and O–H groups in total. The number of halogens is 1. The fraction of sp³-hybridized carbons (Fsp3) is 0.722. The molecule has 0 bridgehead atoms. The van der Waals surface area contributed by atoms with Gasteiger partial charge in [0.2, 0.25) is 11.9 Å². The predicted molar refractivity (Wildman–Crippen MR) is 90.5 cm³/mol. The van der Waals surface area contributed by atoms with E-state index in [0.717, 1.165) is 64.6 Å². The maximum atomic E-state index is 13.1. The van der Waals surface area contributed by atoms with Crippen LogP contribution in [0.1, 0.15) is 44.9 Å². The number of nitrogens with zero attached hydrogens (tertiary/aromatic N) is 4. The van der Waals surface area contributed by atoms with E-state index < -0.39 is 5.82 Å². The average molecular weight is 348 g/mol. The molecule has 1 spiro atoms. The molecule has 3 aliphatic rings. The Morgan fingerprint density at radius 2 is 1.64 bits per heavy atom. The highest BCUT2D eigenvalue weighted by Gasteiger charge is 2.50. The van der Waals surface area contributed by atoms with E-state index >= 15 is 0 Å². The summed E-state index contributed by atoms with van der Waals surface area (Å²) in [5, 5.41) is 9.69. The Labute approximate surface area is 147 Å². The van der Waals surface area contributed by atoms with Crippen molar-refractivity contribution in [2.75, 3.05) is 24.5 Å². The highest BCUT2D eigenvalue weighted by molar-refractivity contribution is 5.85. The van der Waals surface area contributed by atoms with Crippen molar-refractivity contribution in [2.45, 2.75) is 57.1 Å². The number of aliphatic hydroxyl groups is 1. The Morgan fingerprint density at radius 1 is 1.04 bits per heavy atom. The van der Waals surface area contributed by atoms with Gasteiger partial charge in [-0.25, -0.2) is 14.4 Å². The second-order valence-electron chi connectivity index (χ2n) is 7.68. The minimum atomic E-state index is -0.434. The number of hydrogen-bond donors (Lipinski definition) is 1. The molecule has 1 saturated carbocycles. The summed E-state index contributed by atoms with van der Waals surface area (Å²) in [6, 6.07) is 0.300. The van der Waals surface area contributed by atoms with Gasteiger partial charge in [0.1, 0.15) is 0 Å². The molecule has 2 saturated heterocycles. The molecule has 7 heteroatoms.